The lowest BCUT2D eigenvalue weighted by Gasteiger charge is -2.06. The molecular formula is C15H13FO. The Balaban J connectivity index is 2.46. The summed E-state index contributed by atoms with van der Waals surface area (Å²) in [5, 5.41) is 8.88. The van der Waals surface area contributed by atoms with Gasteiger partial charge in [0.2, 0.25) is 0 Å². The molecule has 0 saturated carbocycles. The van der Waals surface area contributed by atoms with Crippen molar-refractivity contribution in [2.24, 2.45) is 0 Å². The van der Waals surface area contributed by atoms with Crippen molar-refractivity contribution < 1.29 is 9.50 Å². The zero-order chi connectivity index (χ0) is 12.3. The predicted molar refractivity (Wildman–Crippen MR) is 68.1 cm³/mol. The van der Waals surface area contributed by atoms with Gasteiger partial charge in [-0.05, 0) is 29.7 Å². The second-order valence-corrected chi connectivity index (χ2v) is 3.87. The number of hydrogen-bond donors (Lipinski definition) is 1. The van der Waals surface area contributed by atoms with Gasteiger partial charge in [-0.1, -0.05) is 42.5 Å². The maximum absolute atomic E-state index is 13.9. The molecule has 0 aliphatic carbocycles. The molecule has 86 valence electrons. The van der Waals surface area contributed by atoms with Crippen LogP contribution in [0.2, 0.25) is 0 Å². The molecule has 0 aromatic heterocycles. The van der Waals surface area contributed by atoms with E-state index in [1.54, 1.807) is 19.1 Å². The highest BCUT2D eigenvalue weighted by molar-refractivity contribution is 5.69. The molecule has 0 fully saturated rings. The van der Waals surface area contributed by atoms with Gasteiger partial charge in [-0.3, -0.25) is 0 Å². The van der Waals surface area contributed by atoms with Crippen LogP contribution in [0, 0.1) is 5.82 Å². The van der Waals surface area contributed by atoms with E-state index in [1.165, 1.54) is 6.07 Å². The third-order valence-corrected chi connectivity index (χ3v) is 2.70. The van der Waals surface area contributed by atoms with Gasteiger partial charge < -0.3 is 5.11 Å². The highest BCUT2D eigenvalue weighted by Crippen LogP contribution is 2.25. The van der Waals surface area contributed by atoms with Gasteiger partial charge in [0.15, 0.2) is 0 Å². The lowest BCUT2D eigenvalue weighted by molar-refractivity contribution is 0.475. The summed E-state index contributed by atoms with van der Waals surface area (Å²) < 4.78 is 13.9. The molecule has 2 rings (SSSR count). The van der Waals surface area contributed by atoms with Crippen molar-refractivity contribution in [3.63, 3.8) is 0 Å². The van der Waals surface area contributed by atoms with Crippen molar-refractivity contribution in [3.05, 3.63) is 66.2 Å². The zero-order valence-corrected chi connectivity index (χ0v) is 9.52. The molecule has 0 bridgehead atoms. The van der Waals surface area contributed by atoms with Crippen molar-refractivity contribution >= 4 is 5.57 Å². The van der Waals surface area contributed by atoms with E-state index in [9.17, 15) is 4.39 Å². The van der Waals surface area contributed by atoms with E-state index < -0.39 is 0 Å². The van der Waals surface area contributed by atoms with Gasteiger partial charge in [0.1, 0.15) is 5.82 Å². The van der Waals surface area contributed by atoms with Crippen LogP contribution in [0.4, 0.5) is 4.39 Å². The largest absolute Gasteiger partial charge is 0.515 e. The number of rotatable bonds is 2. The molecular weight excluding hydrogens is 215 g/mol. The molecule has 0 aliphatic heterocycles. The average Bonchev–Trinajstić information content (AvgIpc) is 2.38. The average molecular weight is 228 g/mol. The lowest BCUT2D eigenvalue weighted by atomic mass is 10.0. The summed E-state index contributed by atoms with van der Waals surface area (Å²) in [6, 6.07) is 14.3. The molecule has 0 spiro atoms. The minimum absolute atomic E-state index is 0.282. The summed E-state index contributed by atoms with van der Waals surface area (Å²) >= 11 is 0. The summed E-state index contributed by atoms with van der Waals surface area (Å²) in [5.41, 5.74) is 2.75. The summed E-state index contributed by atoms with van der Waals surface area (Å²) in [5.74, 6) is -0.282. The van der Waals surface area contributed by atoms with E-state index in [-0.39, 0.29) is 5.82 Å². The number of aliphatic hydroxyl groups is 1. The molecule has 17 heavy (non-hydrogen) atoms. The minimum Gasteiger partial charge on any atom is -0.515 e. The van der Waals surface area contributed by atoms with Gasteiger partial charge in [0, 0.05) is 5.56 Å². The summed E-state index contributed by atoms with van der Waals surface area (Å²) in [6.07, 6.45) is 0.983. The highest BCUT2D eigenvalue weighted by atomic mass is 19.1. The van der Waals surface area contributed by atoms with E-state index in [1.807, 2.05) is 30.3 Å². The molecule has 1 nitrogen and oxygen atoms in total. The minimum atomic E-state index is -0.282. The van der Waals surface area contributed by atoms with Gasteiger partial charge in [0.25, 0.3) is 0 Å². The van der Waals surface area contributed by atoms with E-state index in [0.29, 0.717) is 16.7 Å². The molecule has 0 amide bonds. The Bertz CT molecular complexity index is 544. The maximum Gasteiger partial charge on any atom is 0.131 e. The van der Waals surface area contributed by atoms with Crippen LogP contribution < -0.4 is 0 Å². The molecule has 0 atom stereocenters. The molecule has 0 saturated heterocycles. The fourth-order valence-electron chi connectivity index (χ4n) is 1.69. The fraction of sp³-hybridized carbons (Fsp3) is 0.0667. The normalized spacial score (nSPS) is 11.5. The smallest absolute Gasteiger partial charge is 0.131 e. The van der Waals surface area contributed by atoms with Crippen molar-refractivity contribution in [2.45, 2.75) is 6.92 Å². The molecule has 0 radical (unpaired) electrons. The van der Waals surface area contributed by atoms with Crippen LogP contribution in [0.15, 0.2) is 54.8 Å². The molecule has 0 aliphatic rings. The van der Waals surface area contributed by atoms with Crippen LogP contribution in [0.25, 0.3) is 16.7 Å². The first-order valence-electron chi connectivity index (χ1n) is 5.38. The Kier molecular flexibility index (Phi) is 3.24. The second kappa shape index (κ2) is 4.83. The standard InChI is InChI=1S/C15H13FO/c1-11(10-17)13-7-8-14(15(16)9-13)12-5-3-2-4-6-12/h2-10,17H,1H3/b11-10+. The summed E-state index contributed by atoms with van der Waals surface area (Å²) in [7, 11) is 0. The van der Waals surface area contributed by atoms with Crippen molar-refractivity contribution in [3.8, 4) is 11.1 Å². The quantitative estimate of drug-likeness (QED) is 0.755. The van der Waals surface area contributed by atoms with Gasteiger partial charge in [-0.25, -0.2) is 4.39 Å². The number of aliphatic hydroxyl groups excluding tert-OH is 1. The molecule has 1 N–H and O–H groups in total. The van der Waals surface area contributed by atoms with Crippen LogP contribution in [0.3, 0.4) is 0 Å². The molecule has 2 aromatic carbocycles. The van der Waals surface area contributed by atoms with Crippen molar-refractivity contribution in [1.82, 2.24) is 0 Å². The Morgan fingerprint density at radius 1 is 1.12 bits per heavy atom. The first-order chi connectivity index (χ1) is 8.22. The monoisotopic (exact) mass is 228 g/mol. The lowest BCUT2D eigenvalue weighted by Crippen LogP contribution is -1.87. The number of hydrogen-bond acceptors (Lipinski definition) is 1. The molecule has 0 heterocycles. The Labute approximate surface area is 99.9 Å². The predicted octanol–water partition coefficient (Wildman–Crippen LogP) is 4.41. The first kappa shape index (κ1) is 11.4. The van der Waals surface area contributed by atoms with Crippen LogP contribution >= 0.6 is 0 Å². The summed E-state index contributed by atoms with van der Waals surface area (Å²) in [6.45, 7) is 1.73. The fourth-order valence-corrected chi connectivity index (χ4v) is 1.69. The third-order valence-electron chi connectivity index (χ3n) is 2.70. The number of allylic oxidation sites excluding steroid dienone is 1. The van der Waals surface area contributed by atoms with Gasteiger partial charge >= 0.3 is 0 Å². The van der Waals surface area contributed by atoms with E-state index >= 15 is 0 Å². The Hall–Kier alpha value is -2.09. The maximum atomic E-state index is 13.9. The topological polar surface area (TPSA) is 20.2 Å². The van der Waals surface area contributed by atoms with Gasteiger partial charge in [0.05, 0.1) is 6.26 Å². The number of benzene rings is 2. The zero-order valence-electron chi connectivity index (χ0n) is 9.52. The van der Waals surface area contributed by atoms with Crippen LogP contribution in [0.5, 0.6) is 0 Å². The SMILES string of the molecule is C/C(=C\O)c1ccc(-c2ccccc2)c(F)c1. The summed E-state index contributed by atoms with van der Waals surface area (Å²) in [4.78, 5) is 0. The van der Waals surface area contributed by atoms with Crippen LogP contribution in [0.1, 0.15) is 12.5 Å². The van der Waals surface area contributed by atoms with Crippen LogP contribution in [-0.2, 0) is 0 Å². The first-order valence-corrected chi connectivity index (χ1v) is 5.38. The molecule has 2 aromatic rings. The highest BCUT2D eigenvalue weighted by Gasteiger charge is 2.06. The van der Waals surface area contributed by atoms with E-state index in [4.69, 9.17) is 5.11 Å². The van der Waals surface area contributed by atoms with E-state index in [0.717, 1.165) is 11.8 Å². The van der Waals surface area contributed by atoms with Crippen LogP contribution in [-0.4, -0.2) is 5.11 Å². The van der Waals surface area contributed by atoms with Crippen molar-refractivity contribution in [1.29, 1.82) is 0 Å². The van der Waals surface area contributed by atoms with Gasteiger partial charge in [-0.2, -0.15) is 0 Å². The Morgan fingerprint density at radius 2 is 1.82 bits per heavy atom. The van der Waals surface area contributed by atoms with Crippen molar-refractivity contribution in [2.75, 3.05) is 0 Å². The molecule has 0 unspecified atom stereocenters. The second-order valence-electron chi connectivity index (χ2n) is 3.87. The Morgan fingerprint density at radius 3 is 2.41 bits per heavy atom. The third kappa shape index (κ3) is 2.36. The van der Waals surface area contributed by atoms with E-state index in [2.05, 4.69) is 0 Å². The molecule has 2 heteroatoms. The van der Waals surface area contributed by atoms with Gasteiger partial charge in [-0.15, -0.1) is 0 Å². The number of halogens is 1.